The highest BCUT2D eigenvalue weighted by atomic mass is 19.4. The molecule has 0 aliphatic carbocycles. The Morgan fingerprint density at radius 1 is 0.750 bits per heavy atom. The topological polar surface area (TPSA) is 12.9 Å². The molecule has 7 heteroatoms. The molecule has 0 bridgehead atoms. The molecule has 0 fully saturated rings. The SMILES string of the molecule is FC(F)(F)c1ccnc(-c2ccccc2)c1C(F)(F)F. The maximum Gasteiger partial charge on any atom is 0.419 e. The zero-order valence-electron chi connectivity index (χ0n) is 9.76. The van der Waals surface area contributed by atoms with Gasteiger partial charge in [0.25, 0.3) is 0 Å². The van der Waals surface area contributed by atoms with E-state index in [1.807, 2.05) is 0 Å². The Hall–Kier alpha value is -2.05. The van der Waals surface area contributed by atoms with Crippen LogP contribution in [-0.2, 0) is 12.4 Å². The van der Waals surface area contributed by atoms with Gasteiger partial charge in [-0.05, 0) is 6.07 Å². The molecule has 1 nitrogen and oxygen atoms in total. The van der Waals surface area contributed by atoms with Crippen LogP contribution in [0.15, 0.2) is 42.6 Å². The minimum atomic E-state index is -5.15. The first-order chi connectivity index (χ1) is 9.21. The van der Waals surface area contributed by atoms with Crippen molar-refractivity contribution in [2.24, 2.45) is 0 Å². The number of rotatable bonds is 1. The van der Waals surface area contributed by atoms with E-state index in [1.165, 1.54) is 24.3 Å². The van der Waals surface area contributed by atoms with Crippen LogP contribution in [0.1, 0.15) is 11.1 Å². The second-order valence-electron chi connectivity index (χ2n) is 3.94. The van der Waals surface area contributed by atoms with Gasteiger partial charge >= 0.3 is 12.4 Å². The van der Waals surface area contributed by atoms with Gasteiger partial charge in [0.2, 0.25) is 0 Å². The third kappa shape index (κ3) is 2.76. The van der Waals surface area contributed by atoms with Gasteiger partial charge in [-0.25, -0.2) is 0 Å². The molecule has 2 rings (SSSR count). The van der Waals surface area contributed by atoms with Crippen molar-refractivity contribution in [3.8, 4) is 11.3 Å². The number of halogens is 6. The van der Waals surface area contributed by atoms with Gasteiger partial charge < -0.3 is 0 Å². The second-order valence-corrected chi connectivity index (χ2v) is 3.94. The zero-order chi connectivity index (χ0) is 15.0. The summed E-state index contributed by atoms with van der Waals surface area (Å²) < 4.78 is 77.2. The van der Waals surface area contributed by atoms with E-state index in [2.05, 4.69) is 4.98 Å². The van der Waals surface area contributed by atoms with Crippen LogP contribution < -0.4 is 0 Å². The highest BCUT2D eigenvalue weighted by molar-refractivity contribution is 5.65. The Kier molecular flexibility index (Phi) is 3.45. The minimum absolute atomic E-state index is 0.0223. The predicted molar refractivity (Wildman–Crippen MR) is 59.7 cm³/mol. The zero-order valence-corrected chi connectivity index (χ0v) is 9.76. The maximum atomic E-state index is 13.0. The molecule has 0 amide bonds. The summed E-state index contributed by atoms with van der Waals surface area (Å²) in [7, 11) is 0. The van der Waals surface area contributed by atoms with Crippen LogP contribution in [-0.4, -0.2) is 4.98 Å². The fourth-order valence-corrected chi connectivity index (χ4v) is 1.80. The standard InChI is InChI=1S/C13H7F6N/c14-12(15,16)9-6-7-20-11(10(9)13(17,18)19)8-4-2-1-3-5-8/h1-7H. The largest absolute Gasteiger partial charge is 0.419 e. The molecule has 0 aliphatic heterocycles. The highest BCUT2D eigenvalue weighted by Crippen LogP contribution is 2.43. The molecule has 2 aromatic rings. The van der Waals surface area contributed by atoms with Gasteiger partial charge in [-0.15, -0.1) is 0 Å². The van der Waals surface area contributed by atoms with Gasteiger partial charge in [-0.3, -0.25) is 4.98 Å². The fraction of sp³-hybridized carbons (Fsp3) is 0.154. The van der Waals surface area contributed by atoms with Gasteiger partial charge in [0.05, 0.1) is 16.8 Å². The minimum Gasteiger partial charge on any atom is -0.256 e. The van der Waals surface area contributed by atoms with Crippen LogP contribution >= 0.6 is 0 Å². The lowest BCUT2D eigenvalue weighted by Gasteiger charge is -2.18. The van der Waals surface area contributed by atoms with Crippen LogP contribution in [0.25, 0.3) is 11.3 Å². The van der Waals surface area contributed by atoms with Crippen molar-refractivity contribution in [3.63, 3.8) is 0 Å². The van der Waals surface area contributed by atoms with Crippen LogP contribution in [0.2, 0.25) is 0 Å². The first kappa shape index (κ1) is 14.4. The lowest BCUT2D eigenvalue weighted by molar-refractivity contribution is -0.161. The molecule has 106 valence electrons. The maximum absolute atomic E-state index is 13.0. The summed E-state index contributed by atoms with van der Waals surface area (Å²) in [4.78, 5) is 3.47. The van der Waals surface area contributed by atoms with Gasteiger partial charge in [0, 0.05) is 11.8 Å². The Morgan fingerprint density at radius 2 is 1.35 bits per heavy atom. The van der Waals surface area contributed by atoms with E-state index in [0.29, 0.717) is 6.07 Å². The van der Waals surface area contributed by atoms with E-state index in [1.54, 1.807) is 6.07 Å². The van der Waals surface area contributed by atoms with Crippen LogP contribution in [0.4, 0.5) is 26.3 Å². The Labute approximate surface area is 109 Å². The molecule has 0 saturated heterocycles. The van der Waals surface area contributed by atoms with Crippen LogP contribution in [0.3, 0.4) is 0 Å². The molecular weight excluding hydrogens is 284 g/mol. The van der Waals surface area contributed by atoms with E-state index < -0.39 is 29.2 Å². The molecule has 0 unspecified atom stereocenters. The van der Waals surface area contributed by atoms with E-state index in [0.717, 1.165) is 6.20 Å². The van der Waals surface area contributed by atoms with Gasteiger partial charge in [-0.2, -0.15) is 26.3 Å². The second kappa shape index (κ2) is 4.81. The van der Waals surface area contributed by atoms with Gasteiger partial charge in [-0.1, -0.05) is 30.3 Å². The normalized spacial score (nSPS) is 12.5. The third-order valence-corrected chi connectivity index (χ3v) is 2.59. The number of aromatic nitrogens is 1. The van der Waals surface area contributed by atoms with Crippen molar-refractivity contribution >= 4 is 0 Å². The molecule has 0 atom stereocenters. The number of pyridine rings is 1. The van der Waals surface area contributed by atoms with Crippen molar-refractivity contribution in [1.82, 2.24) is 4.98 Å². The summed E-state index contributed by atoms with van der Waals surface area (Å²) in [6, 6.07) is 7.28. The molecule has 1 aromatic carbocycles. The smallest absolute Gasteiger partial charge is 0.256 e. The average molecular weight is 291 g/mol. The van der Waals surface area contributed by atoms with Crippen LogP contribution in [0, 0.1) is 0 Å². The summed E-state index contributed by atoms with van der Waals surface area (Å²) in [5.74, 6) is 0. The number of hydrogen-bond acceptors (Lipinski definition) is 1. The molecule has 0 aliphatic rings. The highest BCUT2D eigenvalue weighted by Gasteiger charge is 2.45. The van der Waals surface area contributed by atoms with Crippen LogP contribution in [0.5, 0.6) is 0 Å². The lowest BCUT2D eigenvalue weighted by Crippen LogP contribution is -2.18. The number of alkyl halides is 6. The van der Waals surface area contributed by atoms with Crippen molar-refractivity contribution in [2.75, 3.05) is 0 Å². The van der Waals surface area contributed by atoms with Gasteiger partial charge in [0.1, 0.15) is 0 Å². The first-order valence-electron chi connectivity index (χ1n) is 5.40. The Balaban J connectivity index is 2.77. The van der Waals surface area contributed by atoms with Crippen molar-refractivity contribution in [3.05, 3.63) is 53.7 Å². The van der Waals surface area contributed by atoms with E-state index in [4.69, 9.17) is 0 Å². The lowest BCUT2D eigenvalue weighted by atomic mass is 10.0. The van der Waals surface area contributed by atoms with E-state index in [-0.39, 0.29) is 5.56 Å². The molecule has 20 heavy (non-hydrogen) atoms. The number of hydrogen-bond donors (Lipinski definition) is 0. The Morgan fingerprint density at radius 3 is 1.85 bits per heavy atom. The number of nitrogens with zero attached hydrogens (tertiary/aromatic N) is 1. The fourth-order valence-electron chi connectivity index (χ4n) is 1.80. The molecule has 0 saturated carbocycles. The monoisotopic (exact) mass is 291 g/mol. The van der Waals surface area contributed by atoms with Crippen molar-refractivity contribution in [1.29, 1.82) is 0 Å². The summed E-state index contributed by atoms with van der Waals surface area (Å²) in [5, 5.41) is 0. The molecule has 0 spiro atoms. The van der Waals surface area contributed by atoms with E-state index in [9.17, 15) is 26.3 Å². The van der Waals surface area contributed by atoms with E-state index >= 15 is 0 Å². The predicted octanol–water partition coefficient (Wildman–Crippen LogP) is 4.79. The summed E-state index contributed by atoms with van der Waals surface area (Å²) in [6.45, 7) is 0. The summed E-state index contributed by atoms with van der Waals surface area (Å²) >= 11 is 0. The van der Waals surface area contributed by atoms with Gasteiger partial charge in [0.15, 0.2) is 0 Å². The number of benzene rings is 1. The third-order valence-electron chi connectivity index (χ3n) is 2.59. The first-order valence-corrected chi connectivity index (χ1v) is 5.40. The van der Waals surface area contributed by atoms with Crippen molar-refractivity contribution < 1.29 is 26.3 Å². The molecule has 0 radical (unpaired) electrons. The summed E-state index contributed by atoms with van der Waals surface area (Å²) in [5.41, 5.74) is -4.25. The van der Waals surface area contributed by atoms with Crippen molar-refractivity contribution in [2.45, 2.75) is 12.4 Å². The summed E-state index contributed by atoms with van der Waals surface area (Å²) in [6.07, 6.45) is -9.53. The molecule has 0 N–H and O–H groups in total. The molecule has 1 heterocycles. The molecule has 1 aromatic heterocycles. The molecular formula is C13H7F6N. The quantitative estimate of drug-likeness (QED) is 0.689. The Bertz CT molecular complexity index is 600. The average Bonchev–Trinajstić information content (AvgIpc) is 2.37.